The summed E-state index contributed by atoms with van der Waals surface area (Å²) in [5.74, 6) is 0. The molecule has 0 aliphatic carbocycles. The minimum Gasteiger partial charge on any atom is -0.292 e. The molecule has 0 spiro atoms. The summed E-state index contributed by atoms with van der Waals surface area (Å²) in [6.07, 6.45) is 0.896. The van der Waals surface area contributed by atoms with Crippen LogP contribution in [0.4, 0.5) is 0 Å². The smallest absolute Gasteiger partial charge is 0.292 e. The van der Waals surface area contributed by atoms with E-state index in [9.17, 15) is 4.57 Å². The Hall–Kier alpha value is -1.16. The first kappa shape index (κ1) is 15.9. The highest BCUT2D eigenvalue weighted by molar-refractivity contribution is 7.48. The summed E-state index contributed by atoms with van der Waals surface area (Å²) >= 11 is 0. The summed E-state index contributed by atoms with van der Waals surface area (Å²) in [5.41, 5.74) is 0.836. The van der Waals surface area contributed by atoms with Gasteiger partial charge in [-0.25, -0.2) is 4.57 Å². The maximum Gasteiger partial charge on any atom is 0.550 e. The lowest BCUT2D eigenvalue weighted by molar-refractivity contribution is 0.0743. The third kappa shape index (κ3) is 6.53. The van der Waals surface area contributed by atoms with Gasteiger partial charge in [-0.15, -0.1) is 0 Å². The highest BCUT2D eigenvalue weighted by atomic mass is 31.2. The van der Waals surface area contributed by atoms with Crippen molar-refractivity contribution in [3.8, 4) is 0 Å². The standard InChI is InChI=1S/C13H20NO4P/c1-11(2)16-19(15,17-12(3)4)18-14-10-13-8-6-5-7-9-13/h5-12H,1-4H3. The lowest BCUT2D eigenvalue weighted by Gasteiger charge is -2.18. The molecule has 1 aromatic carbocycles. The van der Waals surface area contributed by atoms with Crippen LogP contribution >= 0.6 is 7.82 Å². The van der Waals surface area contributed by atoms with Crippen molar-refractivity contribution >= 4 is 14.0 Å². The van der Waals surface area contributed by atoms with Gasteiger partial charge in [0.15, 0.2) is 0 Å². The Bertz CT molecular complexity index is 431. The monoisotopic (exact) mass is 285 g/mol. The van der Waals surface area contributed by atoms with Crippen LogP contribution < -0.4 is 0 Å². The van der Waals surface area contributed by atoms with E-state index >= 15 is 0 Å². The van der Waals surface area contributed by atoms with Crippen LogP contribution in [-0.2, 0) is 18.2 Å². The molecule has 1 rings (SSSR count). The van der Waals surface area contributed by atoms with E-state index in [-0.39, 0.29) is 12.2 Å². The van der Waals surface area contributed by atoms with Crippen LogP contribution in [0.3, 0.4) is 0 Å². The summed E-state index contributed by atoms with van der Waals surface area (Å²) < 4.78 is 27.5. The number of phosphoric acid groups is 1. The Morgan fingerprint density at radius 1 is 1.05 bits per heavy atom. The zero-order valence-electron chi connectivity index (χ0n) is 11.6. The molecule has 0 atom stereocenters. The number of phosphoric ester groups is 1. The average Bonchev–Trinajstić information content (AvgIpc) is 2.27. The van der Waals surface area contributed by atoms with Crippen molar-refractivity contribution in [3.63, 3.8) is 0 Å². The molecule has 0 aliphatic rings. The van der Waals surface area contributed by atoms with E-state index in [1.165, 1.54) is 6.21 Å². The Morgan fingerprint density at radius 3 is 2.05 bits per heavy atom. The normalized spacial score (nSPS) is 12.5. The Labute approximate surface area is 114 Å². The predicted octanol–water partition coefficient (Wildman–Crippen LogP) is 4.00. The van der Waals surface area contributed by atoms with Gasteiger partial charge in [-0.1, -0.05) is 35.5 Å². The number of oxime groups is 1. The van der Waals surface area contributed by atoms with Gasteiger partial charge in [0.25, 0.3) is 0 Å². The molecule has 106 valence electrons. The highest BCUT2D eigenvalue weighted by Crippen LogP contribution is 2.51. The third-order valence-corrected chi connectivity index (χ3v) is 3.48. The molecule has 0 bridgehead atoms. The summed E-state index contributed by atoms with van der Waals surface area (Å²) in [7, 11) is -3.67. The Kier molecular flexibility index (Phi) is 6.22. The quantitative estimate of drug-likeness (QED) is 0.431. The van der Waals surface area contributed by atoms with Gasteiger partial charge in [-0.05, 0) is 33.3 Å². The van der Waals surface area contributed by atoms with Gasteiger partial charge < -0.3 is 0 Å². The number of benzene rings is 1. The van der Waals surface area contributed by atoms with Crippen LogP contribution in [0.25, 0.3) is 0 Å². The van der Waals surface area contributed by atoms with Gasteiger partial charge in [-0.2, -0.15) is 0 Å². The molecule has 0 aliphatic heterocycles. The van der Waals surface area contributed by atoms with E-state index in [1.807, 2.05) is 30.3 Å². The minimum absolute atomic E-state index is 0.281. The van der Waals surface area contributed by atoms with Crippen LogP contribution in [0.5, 0.6) is 0 Å². The van der Waals surface area contributed by atoms with Gasteiger partial charge >= 0.3 is 7.82 Å². The molecule has 0 fully saturated rings. The molecule has 0 saturated heterocycles. The maximum atomic E-state index is 12.2. The molecular weight excluding hydrogens is 265 g/mol. The number of hydrogen-bond donors (Lipinski definition) is 0. The number of hydrogen-bond acceptors (Lipinski definition) is 5. The van der Waals surface area contributed by atoms with Gasteiger partial charge in [-0.3, -0.25) is 13.7 Å². The topological polar surface area (TPSA) is 57.1 Å². The van der Waals surface area contributed by atoms with Gasteiger partial charge in [0, 0.05) is 0 Å². The first-order chi connectivity index (χ1) is 8.91. The molecule has 0 N–H and O–H groups in total. The van der Waals surface area contributed by atoms with Crippen LogP contribution in [-0.4, -0.2) is 18.4 Å². The zero-order chi connectivity index (χ0) is 14.3. The van der Waals surface area contributed by atoms with Crippen LogP contribution in [0, 0.1) is 0 Å². The second-order valence-corrected chi connectivity index (χ2v) is 5.96. The summed E-state index contributed by atoms with van der Waals surface area (Å²) in [6.45, 7) is 7.00. The van der Waals surface area contributed by atoms with E-state index in [4.69, 9.17) is 13.7 Å². The molecule has 1 aromatic rings. The van der Waals surface area contributed by atoms with Crippen molar-refractivity contribution in [1.82, 2.24) is 0 Å². The van der Waals surface area contributed by atoms with Crippen LogP contribution in [0.15, 0.2) is 35.5 Å². The van der Waals surface area contributed by atoms with Crippen molar-refractivity contribution in [2.75, 3.05) is 0 Å². The van der Waals surface area contributed by atoms with Crippen LogP contribution in [0.1, 0.15) is 33.3 Å². The largest absolute Gasteiger partial charge is 0.550 e. The van der Waals surface area contributed by atoms with Crippen molar-refractivity contribution in [1.29, 1.82) is 0 Å². The first-order valence-corrected chi connectivity index (χ1v) is 7.61. The minimum atomic E-state index is -3.67. The van der Waals surface area contributed by atoms with Crippen molar-refractivity contribution in [3.05, 3.63) is 35.9 Å². The summed E-state index contributed by atoms with van der Waals surface area (Å²) in [5, 5.41) is 3.68. The molecule has 5 nitrogen and oxygen atoms in total. The average molecular weight is 285 g/mol. The zero-order valence-corrected chi connectivity index (χ0v) is 12.5. The van der Waals surface area contributed by atoms with E-state index in [2.05, 4.69) is 5.16 Å². The summed E-state index contributed by atoms with van der Waals surface area (Å²) in [4.78, 5) is 0. The van der Waals surface area contributed by atoms with E-state index in [0.29, 0.717) is 0 Å². The number of nitrogens with zero attached hydrogens (tertiary/aromatic N) is 1. The van der Waals surface area contributed by atoms with E-state index < -0.39 is 7.82 Å². The molecule has 0 aromatic heterocycles. The van der Waals surface area contributed by atoms with Gasteiger partial charge in [0.2, 0.25) is 0 Å². The first-order valence-electron chi connectivity index (χ1n) is 6.15. The van der Waals surface area contributed by atoms with E-state index in [1.54, 1.807) is 27.7 Å². The number of rotatable bonds is 7. The molecule has 19 heavy (non-hydrogen) atoms. The fourth-order valence-corrected chi connectivity index (χ4v) is 2.58. The molecule has 0 radical (unpaired) electrons. The fourth-order valence-electron chi connectivity index (χ4n) is 1.26. The molecule has 0 heterocycles. The highest BCUT2D eigenvalue weighted by Gasteiger charge is 2.31. The second kappa shape index (κ2) is 7.43. The Morgan fingerprint density at radius 2 is 1.58 bits per heavy atom. The molecular formula is C13H20NO4P. The maximum absolute atomic E-state index is 12.2. The van der Waals surface area contributed by atoms with Crippen LogP contribution in [0.2, 0.25) is 0 Å². The van der Waals surface area contributed by atoms with Crippen molar-refractivity contribution < 1.29 is 18.2 Å². The molecule has 0 saturated carbocycles. The second-order valence-electron chi connectivity index (χ2n) is 4.48. The van der Waals surface area contributed by atoms with Gasteiger partial charge in [0.05, 0.1) is 18.4 Å². The Balaban J connectivity index is 2.68. The molecule has 6 heteroatoms. The fraction of sp³-hybridized carbons (Fsp3) is 0.462. The lowest BCUT2D eigenvalue weighted by Crippen LogP contribution is -2.08. The third-order valence-electron chi connectivity index (χ3n) is 1.83. The predicted molar refractivity (Wildman–Crippen MR) is 75.2 cm³/mol. The SMILES string of the molecule is CC(C)OP(=O)(ON=Cc1ccccc1)OC(C)C. The summed E-state index contributed by atoms with van der Waals surface area (Å²) in [6, 6.07) is 9.34. The lowest BCUT2D eigenvalue weighted by atomic mass is 10.2. The van der Waals surface area contributed by atoms with E-state index in [0.717, 1.165) is 5.56 Å². The van der Waals surface area contributed by atoms with Crippen molar-refractivity contribution in [2.45, 2.75) is 39.9 Å². The van der Waals surface area contributed by atoms with Crippen molar-refractivity contribution in [2.24, 2.45) is 5.16 Å². The molecule has 0 unspecified atom stereocenters. The van der Waals surface area contributed by atoms with Gasteiger partial charge in [0.1, 0.15) is 0 Å². The molecule has 0 amide bonds.